The van der Waals surface area contributed by atoms with E-state index in [-0.39, 0.29) is 5.91 Å². The van der Waals surface area contributed by atoms with Crippen molar-refractivity contribution in [2.24, 2.45) is 0 Å². The quantitative estimate of drug-likeness (QED) is 0.854. The lowest BCUT2D eigenvalue weighted by Gasteiger charge is -2.08. The van der Waals surface area contributed by atoms with E-state index in [0.29, 0.717) is 10.6 Å². The van der Waals surface area contributed by atoms with Crippen molar-refractivity contribution in [1.82, 2.24) is 0 Å². The molecule has 2 aromatic rings. The maximum Gasteiger partial charge on any atom is 0.257 e. The maximum absolute atomic E-state index is 12.0. The highest BCUT2D eigenvalue weighted by atomic mass is 35.5. The molecule has 0 aliphatic heterocycles. The summed E-state index contributed by atoms with van der Waals surface area (Å²) in [5.74, 6) is -0.190. The Bertz CT molecular complexity index is 551. The smallest absolute Gasteiger partial charge is 0.257 e. The zero-order valence-electron chi connectivity index (χ0n) is 9.41. The van der Waals surface area contributed by atoms with Gasteiger partial charge in [0.05, 0.1) is 10.6 Å². The molecule has 3 heteroatoms. The summed E-state index contributed by atoms with van der Waals surface area (Å²) in [6, 6.07) is 14.6. The first-order chi connectivity index (χ1) is 8.18. The number of hydrogen-bond acceptors (Lipinski definition) is 1. The van der Waals surface area contributed by atoms with Crippen LogP contribution in [0.4, 0.5) is 5.69 Å². The molecular weight excluding hydrogens is 234 g/mol. The molecule has 0 bridgehead atoms. The molecule has 0 aromatic heterocycles. The molecule has 86 valence electrons. The molecule has 0 fully saturated rings. The molecule has 0 heterocycles. The molecule has 0 saturated carbocycles. The van der Waals surface area contributed by atoms with E-state index in [2.05, 4.69) is 5.32 Å². The summed E-state index contributed by atoms with van der Waals surface area (Å²) >= 11 is 5.96. The average Bonchev–Trinajstić information content (AvgIpc) is 2.32. The van der Waals surface area contributed by atoms with Crippen LogP contribution in [0, 0.1) is 6.92 Å². The standard InChI is InChI=1S/C14H12ClNO/c1-10-6-2-5-9-13(10)16-14(17)11-7-3-4-8-12(11)15/h2-9H,1H3,(H,16,17). The molecule has 1 amide bonds. The van der Waals surface area contributed by atoms with E-state index >= 15 is 0 Å². The fraction of sp³-hybridized carbons (Fsp3) is 0.0714. The normalized spacial score (nSPS) is 10.0. The van der Waals surface area contributed by atoms with Gasteiger partial charge in [0.1, 0.15) is 0 Å². The van der Waals surface area contributed by atoms with Gasteiger partial charge in [-0.1, -0.05) is 41.9 Å². The zero-order valence-corrected chi connectivity index (χ0v) is 10.2. The van der Waals surface area contributed by atoms with E-state index in [9.17, 15) is 4.79 Å². The number of hydrogen-bond donors (Lipinski definition) is 1. The van der Waals surface area contributed by atoms with Crippen LogP contribution in [0.15, 0.2) is 48.5 Å². The number of aryl methyl sites for hydroxylation is 1. The number of benzene rings is 2. The predicted octanol–water partition coefficient (Wildman–Crippen LogP) is 3.90. The van der Waals surface area contributed by atoms with Gasteiger partial charge >= 0.3 is 0 Å². The number of amides is 1. The number of carbonyl (C=O) groups is 1. The number of rotatable bonds is 2. The first kappa shape index (κ1) is 11.7. The van der Waals surface area contributed by atoms with E-state index in [0.717, 1.165) is 11.3 Å². The second-order valence-corrected chi connectivity index (χ2v) is 4.16. The molecule has 0 atom stereocenters. The average molecular weight is 246 g/mol. The third-order valence-electron chi connectivity index (χ3n) is 2.51. The minimum absolute atomic E-state index is 0.190. The molecule has 0 spiro atoms. The van der Waals surface area contributed by atoms with Gasteiger partial charge in [0, 0.05) is 5.69 Å². The van der Waals surface area contributed by atoms with Crippen LogP contribution in [-0.4, -0.2) is 5.91 Å². The second kappa shape index (κ2) is 5.02. The van der Waals surface area contributed by atoms with E-state index < -0.39 is 0 Å². The number of nitrogens with one attached hydrogen (secondary N) is 1. The van der Waals surface area contributed by atoms with Crippen LogP contribution >= 0.6 is 11.6 Å². The van der Waals surface area contributed by atoms with E-state index in [1.54, 1.807) is 24.3 Å². The Morgan fingerprint density at radius 1 is 1.06 bits per heavy atom. The minimum atomic E-state index is -0.190. The fourth-order valence-electron chi connectivity index (χ4n) is 1.55. The molecular formula is C14H12ClNO. The fourth-order valence-corrected chi connectivity index (χ4v) is 1.77. The Morgan fingerprint density at radius 3 is 2.41 bits per heavy atom. The number of carbonyl (C=O) groups excluding carboxylic acids is 1. The lowest BCUT2D eigenvalue weighted by molar-refractivity contribution is 0.102. The Labute approximate surface area is 105 Å². The number of para-hydroxylation sites is 1. The Balaban J connectivity index is 2.24. The van der Waals surface area contributed by atoms with Crippen LogP contribution in [0.3, 0.4) is 0 Å². The highest BCUT2D eigenvalue weighted by molar-refractivity contribution is 6.34. The second-order valence-electron chi connectivity index (χ2n) is 3.75. The largest absolute Gasteiger partial charge is 0.322 e. The zero-order chi connectivity index (χ0) is 12.3. The van der Waals surface area contributed by atoms with Crippen LogP contribution in [0.5, 0.6) is 0 Å². The Hall–Kier alpha value is -1.80. The van der Waals surface area contributed by atoms with Crippen molar-refractivity contribution in [3.8, 4) is 0 Å². The molecule has 0 aliphatic carbocycles. The van der Waals surface area contributed by atoms with Crippen LogP contribution in [0.2, 0.25) is 5.02 Å². The third kappa shape index (κ3) is 2.66. The van der Waals surface area contributed by atoms with Crippen molar-refractivity contribution in [1.29, 1.82) is 0 Å². The first-order valence-corrected chi connectivity index (χ1v) is 5.68. The van der Waals surface area contributed by atoms with Gasteiger partial charge in [-0.25, -0.2) is 0 Å². The van der Waals surface area contributed by atoms with Crippen molar-refractivity contribution in [3.05, 3.63) is 64.7 Å². The topological polar surface area (TPSA) is 29.1 Å². The summed E-state index contributed by atoms with van der Waals surface area (Å²) in [6.45, 7) is 1.95. The molecule has 0 unspecified atom stereocenters. The van der Waals surface area contributed by atoms with Crippen LogP contribution in [-0.2, 0) is 0 Å². The summed E-state index contributed by atoms with van der Waals surface area (Å²) in [5, 5.41) is 3.30. The molecule has 0 aliphatic rings. The highest BCUT2D eigenvalue weighted by Gasteiger charge is 2.10. The van der Waals surface area contributed by atoms with Crippen LogP contribution < -0.4 is 5.32 Å². The summed E-state index contributed by atoms with van der Waals surface area (Å²) in [4.78, 5) is 12.0. The first-order valence-electron chi connectivity index (χ1n) is 5.30. The van der Waals surface area contributed by atoms with E-state index in [4.69, 9.17) is 11.6 Å². The third-order valence-corrected chi connectivity index (χ3v) is 2.84. The molecule has 2 nitrogen and oxygen atoms in total. The van der Waals surface area contributed by atoms with Gasteiger partial charge in [-0.3, -0.25) is 4.79 Å². The molecule has 2 aromatic carbocycles. The monoisotopic (exact) mass is 245 g/mol. The lowest BCUT2D eigenvalue weighted by atomic mass is 10.1. The van der Waals surface area contributed by atoms with Gasteiger partial charge in [0.2, 0.25) is 0 Å². The van der Waals surface area contributed by atoms with Crippen molar-refractivity contribution in [2.75, 3.05) is 5.32 Å². The summed E-state index contributed by atoms with van der Waals surface area (Å²) < 4.78 is 0. The molecule has 17 heavy (non-hydrogen) atoms. The SMILES string of the molecule is Cc1ccccc1NC(=O)c1ccccc1Cl. The van der Waals surface area contributed by atoms with Crippen LogP contribution in [0.1, 0.15) is 15.9 Å². The van der Waals surface area contributed by atoms with Crippen molar-refractivity contribution < 1.29 is 4.79 Å². The van der Waals surface area contributed by atoms with Gasteiger partial charge < -0.3 is 5.32 Å². The Kier molecular flexibility index (Phi) is 3.45. The maximum atomic E-state index is 12.0. The summed E-state index contributed by atoms with van der Waals surface area (Å²) in [6.07, 6.45) is 0. The van der Waals surface area contributed by atoms with E-state index in [1.165, 1.54) is 0 Å². The van der Waals surface area contributed by atoms with Crippen molar-refractivity contribution in [3.63, 3.8) is 0 Å². The lowest BCUT2D eigenvalue weighted by Crippen LogP contribution is -2.13. The summed E-state index contributed by atoms with van der Waals surface area (Å²) in [5.41, 5.74) is 2.31. The van der Waals surface area contributed by atoms with Gasteiger partial charge in [0.25, 0.3) is 5.91 Å². The van der Waals surface area contributed by atoms with Crippen LogP contribution in [0.25, 0.3) is 0 Å². The molecule has 0 radical (unpaired) electrons. The van der Waals surface area contributed by atoms with Gasteiger partial charge in [0.15, 0.2) is 0 Å². The number of halogens is 1. The minimum Gasteiger partial charge on any atom is -0.322 e. The number of anilines is 1. The summed E-state index contributed by atoms with van der Waals surface area (Å²) in [7, 11) is 0. The van der Waals surface area contributed by atoms with Crippen molar-refractivity contribution >= 4 is 23.2 Å². The highest BCUT2D eigenvalue weighted by Crippen LogP contribution is 2.18. The molecule has 1 N–H and O–H groups in total. The van der Waals surface area contributed by atoms with Gasteiger partial charge in [-0.15, -0.1) is 0 Å². The van der Waals surface area contributed by atoms with Gasteiger partial charge in [-0.05, 0) is 30.7 Å². The molecule has 2 rings (SSSR count). The Morgan fingerprint density at radius 2 is 1.71 bits per heavy atom. The predicted molar refractivity (Wildman–Crippen MR) is 70.6 cm³/mol. The van der Waals surface area contributed by atoms with Gasteiger partial charge in [-0.2, -0.15) is 0 Å². The van der Waals surface area contributed by atoms with E-state index in [1.807, 2.05) is 31.2 Å². The molecule has 0 saturated heterocycles. The van der Waals surface area contributed by atoms with Crippen molar-refractivity contribution in [2.45, 2.75) is 6.92 Å².